The first-order chi connectivity index (χ1) is 8.24. The molecule has 0 aromatic heterocycles. The fraction of sp³-hybridized carbons (Fsp3) is 1.00. The molecule has 3 N–H and O–H groups in total. The molecule has 0 heterocycles. The molecule has 2 saturated carbocycles. The van der Waals surface area contributed by atoms with Gasteiger partial charge in [-0.05, 0) is 43.9 Å². The summed E-state index contributed by atoms with van der Waals surface area (Å²) in [6.45, 7) is 1.88. The van der Waals surface area contributed by atoms with Gasteiger partial charge in [0.05, 0.1) is 6.61 Å². The Bertz CT molecular complexity index is 228. The smallest absolute Gasteiger partial charge is 0.0613 e. The molecule has 2 aliphatic rings. The predicted molar refractivity (Wildman–Crippen MR) is 68.7 cm³/mol. The Balaban J connectivity index is 1.61. The highest BCUT2D eigenvalue weighted by molar-refractivity contribution is 4.95. The van der Waals surface area contributed by atoms with Crippen molar-refractivity contribution in [3.8, 4) is 0 Å². The van der Waals surface area contributed by atoms with E-state index in [0.717, 1.165) is 44.8 Å². The standard InChI is InChI=1S/C14H27NO2/c15-14(11-16)8-3-6-13(14)7-9-17-10-12-4-1-2-5-12/h12-13,16H,1-11,15H2. The minimum atomic E-state index is -0.323. The molecule has 0 spiro atoms. The number of aliphatic hydroxyl groups is 1. The van der Waals surface area contributed by atoms with Crippen LogP contribution >= 0.6 is 0 Å². The highest BCUT2D eigenvalue weighted by atomic mass is 16.5. The van der Waals surface area contributed by atoms with E-state index in [4.69, 9.17) is 10.5 Å². The number of ether oxygens (including phenoxy) is 1. The lowest BCUT2D eigenvalue weighted by Gasteiger charge is -2.29. The van der Waals surface area contributed by atoms with Crippen LogP contribution in [0.25, 0.3) is 0 Å². The molecule has 2 fully saturated rings. The summed E-state index contributed by atoms with van der Waals surface area (Å²) in [6.07, 6.45) is 9.76. The lowest BCUT2D eigenvalue weighted by atomic mass is 9.87. The SMILES string of the molecule is NC1(CO)CCCC1CCOCC1CCCC1. The van der Waals surface area contributed by atoms with Gasteiger partial charge < -0.3 is 15.6 Å². The Morgan fingerprint density at radius 2 is 1.94 bits per heavy atom. The number of aliphatic hydroxyl groups excluding tert-OH is 1. The van der Waals surface area contributed by atoms with Crippen LogP contribution in [0.4, 0.5) is 0 Å². The maximum Gasteiger partial charge on any atom is 0.0613 e. The molecule has 100 valence electrons. The Hall–Kier alpha value is -0.120. The Kier molecular flexibility index (Phi) is 4.83. The summed E-state index contributed by atoms with van der Waals surface area (Å²) >= 11 is 0. The fourth-order valence-electron chi connectivity index (χ4n) is 3.46. The molecule has 0 amide bonds. The Morgan fingerprint density at radius 3 is 2.65 bits per heavy atom. The molecule has 3 heteroatoms. The van der Waals surface area contributed by atoms with Crippen LogP contribution in [-0.4, -0.2) is 30.5 Å². The molecule has 3 nitrogen and oxygen atoms in total. The van der Waals surface area contributed by atoms with Crippen molar-refractivity contribution in [3.05, 3.63) is 0 Å². The van der Waals surface area contributed by atoms with Crippen molar-refractivity contribution in [2.45, 2.75) is 56.9 Å². The van der Waals surface area contributed by atoms with E-state index in [-0.39, 0.29) is 12.1 Å². The van der Waals surface area contributed by atoms with Gasteiger partial charge in [0.2, 0.25) is 0 Å². The van der Waals surface area contributed by atoms with Gasteiger partial charge >= 0.3 is 0 Å². The van der Waals surface area contributed by atoms with Gasteiger partial charge in [0, 0.05) is 18.8 Å². The molecule has 0 bridgehead atoms. The predicted octanol–water partition coefficient (Wildman–Crippen LogP) is 2.07. The fourth-order valence-corrected chi connectivity index (χ4v) is 3.46. The van der Waals surface area contributed by atoms with Crippen LogP contribution in [0.1, 0.15) is 51.4 Å². The van der Waals surface area contributed by atoms with Crippen LogP contribution in [0.3, 0.4) is 0 Å². The maximum absolute atomic E-state index is 9.36. The maximum atomic E-state index is 9.36. The van der Waals surface area contributed by atoms with Crippen molar-refractivity contribution in [2.24, 2.45) is 17.6 Å². The molecule has 0 aromatic rings. The van der Waals surface area contributed by atoms with Crippen LogP contribution in [0.5, 0.6) is 0 Å². The van der Waals surface area contributed by atoms with Crippen molar-refractivity contribution in [3.63, 3.8) is 0 Å². The third-order valence-corrected chi connectivity index (χ3v) is 4.74. The molecular weight excluding hydrogens is 214 g/mol. The summed E-state index contributed by atoms with van der Waals surface area (Å²) in [5.74, 6) is 1.26. The van der Waals surface area contributed by atoms with Crippen LogP contribution in [0.15, 0.2) is 0 Å². The minimum absolute atomic E-state index is 0.125. The number of hydrogen-bond donors (Lipinski definition) is 2. The van der Waals surface area contributed by atoms with Gasteiger partial charge in [-0.1, -0.05) is 19.3 Å². The highest BCUT2D eigenvalue weighted by Gasteiger charge is 2.38. The van der Waals surface area contributed by atoms with Crippen molar-refractivity contribution < 1.29 is 9.84 Å². The van der Waals surface area contributed by atoms with Crippen LogP contribution in [0.2, 0.25) is 0 Å². The van der Waals surface area contributed by atoms with Gasteiger partial charge in [0.25, 0.3) is 0 Å². The van der Waals surface area contributed by atoms with E-state index >= 15 is 0 Å². The van der Waals surface area contributed by atoms with Gasteiger partial charge in [-0.15, -0.1) is 0 Å². The lowest BCUT2D eigenvalue weighted by molar-refractivity contribution is 0.0742. The van der Waals surface area contributed by atoms with Gasteiger partial charge in [-0.25, -0.2) is 0 Å². The molecule has 2 aliphatic carbocycles. The summed E-state index contributed by atoms with van der Waals surface area (Å²) < 4.78 is 5.78. The number of rotatable bonds is 6. The van der Waals surface area contributed by atoms with Crippen molar-refractivity contribution in [2.75, 3.05) is 19.8 Å². The highest BCUT2D eigenvalue weighted by Crippen LogP contribution is 2.35. The first kappa shape index (κ1) is 13.3. The summed E-state index contributed by atoms with van der Waals surface area (Å²) in [7, 11) is 0. The summed E-state index contributed by atoms with van der Waals surface area (Å²) in [6, 6.07) is 0. The van der Waals surface area contributed by atoms with E-state index in [1.54, 1.807) is 0 Å². The van der Waals surface area contributed by atoms with Crippen molar-refractivity contribution >= 4 is 0 Å². The molecule has 2 rings (SSSR count). The van der Waals surface area contributed by atoms with E-state index < -0.39 is 0 Å². The van der Waals surface area contributed by atoms with Crippen LogP contribution < -0.4 is 5.73 Å². The second-order valence-electron chi connectivity index (χ2n) is 5.99. The minimum Gasteiger partial charge on any atom is -0.394 e. The molecular formula is C14H27NO2. The van der Waals surface area contributed by atoms with Gasteiger partial charge in [0.15, 0.2) is 0 Å². The summed E-state index contributed by atoms with van der Waals surface area (Å²) in [5.41, 5.74) is 5.88. The van der Waals surface area contributed by atoms with E-state index in [1.165, 1.54) is 25.7 Å². The molecule has 0 aliphatic heterocycles. The molecule has 0 saturated heterocycles. The average Bonchev–Trinajstić information content (AvgIpc) is 2.95. The summed E-state index contributed by atoms with van der Waals surface area (Å²) in [5, 5.41) is 9.36. The Morgan fingerprint density at radius 1 is 1.18 bits per heavy atom. The largest absolute Gasteiger partial charge is 0.394 e. The lowest BCUT2D eigenvalue weighted by Crippen LogP contribution is -2.47. The van der Waals surface area contributed by atoms with Gasteiger partial charge in [-0.3, -0.25) is 0 Å². The second kappa shape index (κ2) is 6.17. The molecule has 0 radical (unpaired) electrons. The van der Waals surface area contributed by atoms with Crippen molar-refractivity contribution in [1.29, 1.82) is 0 Å². The van der Waals surface area contributed by atoms with E-state index in [2.05, 4.69) is 0 Å². The second-order valence-corrected chi connectivity index (χ2v) is 5.99. The van der Waals surface area contributed by atoms with E-state index in [0.29, 0.717) is 5.92 Å². The molecule has 2 atom stereocenters. The van der Waals surface area contributed by atoms with E-state index in [1.807, 2.05) is 0 Å². The third-order valence-electron chi connectivity index (χ3n) is 4.74. The summed E-state index contributed by atoms with van der Waals surface area (Å²) in [4.78, 5) is 0. The first-order valence-electron chi connectivity index (χ1n) is 7.22. The van der Waals surface area contributed by atoms with Gasteiger partial charge in [0.1, 0.15) is 0 Å². The monoisotopic (exact) mass is 241 g/mol. The third kappa shape index (κ3) is 3.43. The normalized spacial score (nSPS) is 34.6. The van der Waals surface area contributed by atoms with Crippen molar-refractivity contribution in [1.82, 2.24) is 0 Å². The number of hydrogen-bond acceptors (Lipinski definition) is 3. The molecule has 2 unspecified atom stereocenters. The zero-order chi connectivity index (χ0) is 12.1. The van der Waals surface area contributed by atoms with E-state index in [9.17, 15) is 5.11 Å². The number of nitrogens with two attached hydrogens (primary N) is 1. The van der Waals surface area contributed by atoms with Crippen LogP contribution in [-0.2, 0) is 4.74 Å². The molecule has 17 heavy (non-hydrogen) atoms. The molecule has 0 aromatic carbocycles. The zero-order valence-corrected chi connectivity index (χ0v) is 10.9. The van der Waals surface area contributed by atoms with Crippen LogP contribution in [0, 0.1) is 11.8 Å². The topological polar surface area (TPSA) is 55.5 Å². The first-order valence-corrected chi connectivity index (χ1v) is 7.22. The average molecular weight is 241 g/mol. The van der Waals surface area contributed by atoms with Gasteiger partial charge in [-0.2, -0.15) is 0 Å². The Labute approximate surface area is 105 Å². The quantitative estimate of drug-likeness (QED) is 0.700. The zero-order valence-electron chi connectivity index (χ0n) is 10.9.